The second-order valence-corrected chi connectivity index (χ2v) is 9.09. The molecule has 1 aromatic heterocycles. The van der Waals surface area contributed by atoms with Crippen molar-refractivity contribution in [1.29, 1.82) is 0 Å². The summed E-state index contributed by atoms with van der Waals surface area (Å²) in [4.78, 5) is 11.6. The fourth-order valence-electron chi connectivity index (χ4n) is 3.01. The third-order valence-electron chi connectivity index (χ3n) is 4.71. The largest absolute Gasteiger partial charge is 0.379 e. The molecule has 1 atom stereocenters. The maximum atomic E-state index is 5.49. The van der Waals surface area contributed by atoms with Gasteiger partial charge in [-0.2, -0.15) is 0 Å². The SMILES string of the molecule is CN=C(NCc1nc(C(C)(C)C)cs1)NCC(C(C)C)N1CCOCC1.I. The Balaban J connectivity index is 0.00000364. The number of morpholine rings is 1. The summed E-state index contributed by atoms with van der Waals surface area (Å²) >= 11 is 1.70. The highest BCUT2D eigenvalue weighted by Gasteiger charge is 2.24. The first-order chi connectivity index (χ1) is 12.3. The zero-order valence-electron chi connectivity index (χ0n) is 17.5. The lowest BCUT2D eigenvalue weighted by Gasteiger charge is -2.37. The highest BCUT2D eigenvalue weighted by molar-refractivity contribution is 14.0. The van der Waals surface area contributed by atoms with Crippen molar-refractivity contribution in [2.75, 3.05) is 39.9 Å². The van der Waals surface area contributed by atoms with Crippen molar-refractivity contribution >= 4 is 41.3 Å². The average Bonchev–Trinajstić information content (AvgIpc) is 3.08. The van der Waals surface area contributed by atoms with E-state index in [-0.39, 0.29) is 29.4 Å². The Morgan fingerprint density at radius 3 is 2.48 bits per heavy atom. The minimum absolute atomic E-state index is 0. The van der Waals surface area contributed by atoms with Gasteiger partial charge in [0.05, 0.1) is 25.5 Å². The van der Waals surface area contributed by atoms with Crippen LogP contribution < -0.4 is 10.6 Å². The van der Waals surface area contributed by atoms with E-state index in [0.29, 0.717) is 18.5 Å². The van der Waals surface area contributed by atoms with Crippen molar-refractivity contribution in [2.45, 2.75) is 52.6 Å². The Kier molecular flexibility index (Phi) is 10.5. The van der Waals surface area contributed by atoms with E-state index in [1.807, 2.05) is 7.05 Å². The second kappa shape index (κ2) is 11.5. The van der Waals surface area contributed by atoms with Crippen molar-refractivity contribution in [3.8, 4) is 0 Å². The minimum atomic E-state index is 0. The quantitative estimate of drug-likeness (QED) is 0.351. The predicted octanol–water partition coefficient (Wildman–Crippen LogP) is 3.08. The van der Waals surface area contributed by atoms with Crippen LogP contribution in [0.5, 0.6) is 0 Å². The van der Waals surface area contributed by atoms with Gasteiger partial charge in [-0.3, -0.25) is 9.89 Å². The molecule has 2 heterocycles. The number of guanidine groups is 1. The van der Waals surface area contributed by atoms with Gasteiger partial charge in [0.15, 0.2) is 5.96 Å². The molecule has 156 valence electrons. The predicted molar refractivity (Wildman–Crippen MR) is 125 cm³/mol. The number of aliphatic imine (C=N–C) groups is 1. The molecule has 0 amide bonds. The molecular formula is C19H36IN5OS. The lowest BCUT2D eigenvalue weighted by Crippen LogP contribution is -2.52. The van der Waals surface area contributed by atoms with Crippen molar-refractivity contribution in [1.82, 2.24) is 20.5 Å². The van der Waals surface area contributed by atoms with E-state index < -0.39 is 0 Å². The van der Waals surface area contributed by atoms with Crippen LogP contribution >= 0.6 is 35.3 Å². The fraction of sp³-hybridized carbons (Fsp3) is 0.789. The van der Waals surface area contributed by atoms with E-state index in [1.165, 1.54) is 0 Å². The van der Waals surface area contributed by atoms with Crippen LogP contribution in [-0.4, -0.2) is 61.8 Å². The van der Waals surface area contributed by atoms with Gasteiger partial charge in [0.2, 0.25) is 0 Å². The first kappa shape index (κ1) is 24.6. The smallest absolute Gasteiger partial charge is 0.191 e. The molecule has 1 fully saturated rings. The molecule has 1 unspecified atom stereocenters. The van der Waals surface area contributed by atoms with Gasteiger partial charge >= 0.3 is 0 Å². The van der Waals surface area contributed by atoms with Crippen LogP contribution in [0.1, 0.15) is 45.3 Å². The van der Waals surface area contributed by atoms with Crippen molar-refractivity contribution in [3.63, 3.8) is 0 Å². The van der Waals surface area contributed by atoms with Crippen LogP contribution in [-0.2, 0) is 16.7 Å². The van der Waals surface area contributed by atoms with Gasteiger partial charge in [0, 0.05) is 43.5 Å². The normalized spacial score (nSPS) is 17.5. The zero-order valence-corrected chi connectivity index (χ0v) is 20.7. The van der Waals surface area contributed by atoms with E-state index in [2.05, 4.69) is 60.5 Å². The number of thiazole rings is 1. The maximum Gasteiger partial charge on any atom is 0.191 e. The molecule has 0 aromatic carbocycles. The molecule has 2 rings (SSSR count). The zero-order chi connectivity index (χ0) is 19.2. The van der Waals surface area contributed by atoms with E-state index in [0.717, 1.165) is 49.5 Å². The number of halogens is 1. The summed E-state index contributed by atoms with van der Waals surface area (Å²) in [6.45, 7) is 16.4. The molecule has 8 heteroatoms. The Labute approximate surface area is 185 Å². The van der Waals surface area contributed by atoms with E-state index in [9.17, 15) is 0 Å². The van der Waals surface area contributed by atoms with Gasteiger partial charge in [-0.15, -0.1) is 35.3 Å². The van der Waals surface area contributed by atoms with E-state index >= 15 is 0 Å². The van der Waals surface area contributed by atoms with Gasteiger partial charge in [-0.1, -0.05) is 34.6 Å². The summed E-state index contributed by atoms with van der Waals surface area (Å²) in [5.41, 5.74) is 1.24. The van der Waals surface area contributed by atoms with Crippen LogP contribution in [0.15, 0.2) is 10.4 Å². The van der Waals surface area contributed by atoms with E-state index in [4.69, 9.17) is 9.72 Å². The maximum absolute atomic E-state index is 5.49. The Morgan fingerprint density at radius 2 is 1.96 bits per heavy atom. The summed E-state index contributed by atoms with van der Waals surface area (Å²) in [7, 11) is 1.82. The summed E-state index contributed by atoms with van der Waals surface area (Å²) in [6, 6.07) is 0.477. The average molecular weight is 510 g/mol. The molecule has 1 aliphatic heterocycles. The molecular weight excluding hydrogens is 473 g/mol. The van der Waals surface area contributed by atoms with Crippen LogP contribution in [0.3, 0.4) is 0 Å². The van der Waals surface area contributed by atoms with Gasteiger partial charge in [-0.05, 0) is 5.92 Å². The first-order valence-electron chi connectivity index (χ1n) is 9.52. The molecule has 1 aromatic rings. The lowest BCUT2D eigenvalue weighted by atomic mass is 9.93. The van der Waals surface area contributed by atoms with Crippen molar-refractivity contribution in [2.24, 2.45) is 10.9 Å². The summed E-state index contributed by atoms with van der Waals surface area (Å²) in [6.07, 6.45) is 0. The highest BCUT2D eigenvalue weighted by atomic mass is 127. The molecule has 1 saturated heterocycles. The molecule has 2 N–H and O–H groups in total. The molecule has 0 radical (unpaired) electrons. The number of nitrogens with one attached hydrogen (secondary N) is 2. The molecule has 0 aliphatic carbocycles. The summed E-state index contributed by atoms with van der Waals surface area (Å²) in [5.74, 6) is 1.41. The fourth-order valence-corrected chi connectivity index (χ4v) is 3.97. The van der Waals surface area contributed by atoms with Crippen LogP contribution in [0, 0.1) is 5.92 Å². The number of hydrogen-bond acceptors (Lipinski definition) is 5. The summed E-state index contributed by atoms with van der Waals surface area (Å²) < 4.78 is 5.49. The third-order valence-corrected chi connectivity index (χ3v) is 5.56. The summed E-state index contributed by atoms with van der Waals surface area (Å²) in [5, 5.41) is 10.1. The lowest BCUT2D eigenvalue weighted by molar-refractivity contribution is 0.00752. The van der Waals surface area contributed by atoms with Gasteiger partial charge in [-0.25, -0.2) is 4.98 Å². The monoisotopic (exact) mass is 509 g/mol. The van der Waals surface area contributed by atoms with Gasteiger partial charge in [0.1, 0.15) is 5.01 Å². The molecule has 0 spiro atoms. The molecule has 6 nitrogen and oxygen atoms in total. The van der Waals surface area contributed by atoms with Crippen molar-refractivity contribution < 1.29 is 4.74 Å². The number of hydrogen-bond donors (Lipinski definition) is 2. The van der Waals surface area contributed by atoms with Crippen LogP contribution in [0.2, 0.25) is 0 Å². The van der Waals surface area contributed by atoms with Crippen LogP contribution in [0.4, 0.5) is 0 Å². The van der Waals surface area contributed by atoms with E-state index in [1.54, 1.807) is 11.3 Å². The first-order valence-corrected chi connectivity index (χ1v) is 10.4. The topological polar surface area (TPSA) is 61.8 Å². The Hall–Kier alpha value is -0.450. The number of ether oxygens (including phenoxy) is 1. The van der Waals surface area contributed by atoms with Crippen LogP contribution in [0.25, 0.3) is 0 Å². The molecule has 0 saturated carbocycles. The van der Waals surface area contributed by atoms with Gasteiger partial charge < -0.3 is 15.4 Å². The molecule has 0 bridgehead atoms. The molecule has 27 heavy (non-hydrogen) atoms. The standard InChI is InChI=1S/C19H35N5OS.HI/c1-14(2)15(24-7-9-25-10-8-24)11-21-18(20-6)22-12-17-23-16(13-26-17)19(3,4)5;/h13-15H,7-12H2,1-6H3,(H2,20,21,22);1H. The van der Waals surface area contributed by atoms with Crippen molar-refractivity contribution in [3.05, 3.63) is 16.1 Å². The van der Waals surface area contributed by atoms with Gasteiger partial charge in [0.25, 0.3) is 0 Å². The molecule has 1 aliphatic rings. The highest BCUT2D eigenvalue weighted by Crippen LogP contribution is 2.23. The number of aromatic nitrogens is 1. The third kappa shape index (κ3) is 7.83. The second-order valence-electron chi connectivity index (χ2n) is 8.14. The number of rotatable bonds is 6. The Bertz CT molecular complexity index is 579. The minimum Gasteiger partial charge on any atom is -0.379 e. The number of nitrogens with zero attached hydrogens (tertiary/aromatic N) is 3. The Morgan fingerprint density at radius 1 is 1.30 bits per heavy atom.